The summed E-state index contributed by atoms with van der Waals surface area (Å²) in [6.45, 7) is 0. The molecule has 0 radical (unpaired) electrons. The van der Waals surface area contributed by atoms with Gasteiger partial charge in [0.05, 0.1) is 64.0 Å². The van der Waals surface area contributed by atoms with E-state index >= 15 is 0 Å². The van der Waals surface area contributed by atoms with Crippen LogP contribution in [0, 0.1) is 0 Å². The molecular weight excluding hydrogens is 504 g/mol. The molecule has 0 aromatic heterocycles. The molecule has 0 N–H and O–H groups in total. The van der Waals surface area contributed by atoms with E-state index in [-0.39, 0.29) is 0 Å². The van der Waals surface area contributed by atoms with Gasteiger partial charge in [-0.05, 0) is 65.1 Å². The lowest BCUT2D eigenvalue weighted by molar-refractivity contribution is 0.324. The molecule has 9 heteroatoms. The highest BCUT2D eigenvalue weighted by atomic mass is 16.5. The van der Waals surface area contributed by atoms with Crippen LogP contribution in [-0.2, 0) is 6.42 Å². The lowest BCUT2D eigenvalue weighted by Crippen LogP contribution is -2.00. The summed E-state index contributed by atoms with van der Waals surface area (Å²) >= 11 is 0. The van der Waals surface area contributed by atoms with E-state index in [1.54, 1.807) is 64.0 Å². The Bertz CT molecular complexity index is 1240. The molecule has 0 saturated carbocycles. The van der Waals surface area contributed by atoms with Gasteiger partial charge in [0.2, 0.25) is 17.2 Å². The Morgan fingerprint density at radius 3 is 1.13 bits per heavy atom. The zero-order valence-electron chi connectivity index (χ0n) is 23.9. The molecular formula is C30H36O9. The lowest BCUT2D eigenvalue weighted by atomic mass is 9.94. The zero-order valence-corrected chi connectivity index (χ0v) is 23.9. The topological polar surface area (TPSA) is 83.1 Å². The quantitative estimate of drug-likeness (QED) is 0.259. The highest BCUT2D eigenvalue weighted by molar-refractivity contribution is 5.85. The monoisotopic (exact) mass is 540 g/mol. The number of hydrogen-bond donors (Lipinski definition) is 0. The van der Waals surface area contributed by atoms with Gasteiger partial charge in [-0.2, -0.15) is 0 Å². The first-order valence-electron chi connectivity index (χ1n) is 12.0. The van der Waals surface area contributed by atoms with Crippen LogP contribution in [0.1, 0.15) is 16.7 Å². The fourth-order valence-electron chi connectivity index (χ4n) is 4.35. The minimum absolute atomic E-state index is 0.492. The molecule has 0 aliphatic rings. The fraction of sp³-hybridized carbons (Fsp3) is 0.333. The highest BCUT2D eigenvalue weighted by Gasteiger charge is 2.19. The minimum atomic E-state index is 0.492. The van der Waals surface area contributed by atoms with Gasteiger partial charge in [0.25, 0.3) is 0 Å². The van der Waals surface area contributed by atoms with Crippen molar-refractivity contribution in [1.82, 2.24) is 0 Å². The van der Waals surface area contributed by atoms with Crippen molar-refractivity contribution in [3.63, 3.8) is 0 Å². The van der Waals surface area contributed by atoms with Gasteiger partial charge in [-0.15, -0.1) is 0 Å². The standard InChI is InChI=1S/C30H36O9/c1-31-22-12-18(13-23(32-2)28(22)37-7)10-20(21-16-26(35-5)30(39-9)27(17-21)36-6)11-19-14-24(33-3)29(38-8)25(15-19)34-4/h10,12-17H,11H2,1-9H3/b20-10+. The van der Waals surface area contributed by atoms with Crippen LogP contribution in [0.3, 0.4) is 0 Å². The minimum Gasteiger partial charge on any atom is -0.493 e. The average molecular weight is 541 g/mol. The fourth-order valence-corrected chi connectivity index (χ4v) is 4.35. The third-order valence-electron chi connectivity index (χ3n) is 6.18. The molecule has 0 fully saturated rings. The maximum atomic E-state index is 5.63. The summed E-state index contributed by atoms with van der Waals surface area (Å²) < 4.78 is 50.1. The second-order valence-electron chi connectivity index (χ2n) is 8.25. The number of methoxy groups -OCH3 is 9. The summed E-state index contributed by atoms with van der Waals surface area (Å²) in [7, 11) is 14.2. The van der Waals surface area contributed by atoms with Crippen LogP contribution in [0.5, 0.6) is 51.7 Å². The van der Waals surface area contributed by atoms with Crippen molar-refractivity contribution in [1.29, 1.82) is 0 Å². The summed E-state index contributed by atoms with van der Waals surface area (Å²) in [5.41, 5.74) is 3.54. The van der Waals surface area contributed by atoms with Crippen LogP contribution in [0.2, 0.25) is 0 Å². The molecule has 0 spiro atoms. The van der Waals surface area contributed by atoms with E-state index in [0.29, 0.717) is 58.2 Å². The Labute approximate surface area is 229 Å². The molecule has 0 aliphatic heterocycles. The van der Waals surface area contributed by atoms with E-state index in [1.165, 1.54) is 0 Å². The SMILES string of the molecule is COc1cc(/C=C(\Cc2cc(OC)c(OC)c(OC)c2)c2cc(OC)c(OC)c(OC)c2)cc(OC)c1OC. The van der Waals surface area contributed by atoms with Crippen molar-refractivity contribution >= 4 is 11.6 Å². The molecule has 0 saturated heterocycles. The number of rotatable bonds is 13. The van der Waals surface area contributed by atoms with Crippen LogP contribution in [0.15, 0.2) is 36.4 Å². The Morgan fingerprint density at radius 2 is 0.795 bits per heavy atom. The van der Waals surface area contributed by atoms with Gasteiger partial charge in [-0.3, -0.25) is 0 Å². The van der Waals surface area contributed by atoms with Crippen molar-refractivity contribution < 1.29 is 42.6 Å². The predicted molar refractivity (Wildman–Crippen MR) is 150 cm³/mol. The van der Waals surface area contributed by atoms with Crippen molar-refractivity contribution in [3.8, 4) is 51.7 Å². The van der Waals surface area contributed by atoms with E-state index in [4.69, 9.17) is 42.6 Å². The first-order chi connectivity index (χ1) is 18.9. The zero-order chi connectivity index (χ0) is 28.5. The molecule has 39 heavy (non-hydrogen) atoms. The molecule has 0 amide bonds. The van der Waals surface area contributed by atoms with Crippen molar-refractivity contribution in [2.45, 2.75) is 6.42 Å². The molecule has 9 nitrogen and oxygen atoms in total. The summed E-state index contributed by atoms with van der Waals surface area (Å²) in [6, 6.07) is 11.4. The lowest BCUT2D eigenvalue weighted by Gasteiger charge is -2.18. The van der Waals surface area contributed by atoms with E-state index in [9.17, 15) is 0 Å². The van der Waals surface area contributed by atoms with Gasteiger partial charge in [-0.1, -0.05) is 6.08 Å². The largest absolute Gasteiger partial charge is 0.493 e. The summed E-state index contributed by atoms with van der Waals surface area (Å²) in [4.78, 5) is 0. The van der Waals surface area contributed by atoms with Crippen molar-refractivity contribution in [2.75, 3.05) is 64.0 Å². The molecule has 0 aliphatic carbocycles. The normalized spacial score (nSPS) is 10.9. The van der Waals surface area contributed by atoms with Gasteiger partial charge >= 0.3 is 0 Å². The highest BCUT2D eigenvalue weighted by Crippen LogP contribution is 2.44. The van der Waals surface area contributed by atoms with E-state index in [1.807, 2.05) is 42.5 Å². The number of hydrogen-bond acceptors (Lipinski definition) is 9. The smallest absolute Gasteiger partial charge is 0.203 e. The van der Waals surface area contributed by atoms with Crippen LogP contribution in [-0.4, -0.2) is 64.0 Å². The second kappa shape index (κ2) is 13.4. The molecule has 210 valence electrons. The van der Waals surface area contributed by atoms with Gasteiger partial charge in [-0.25, -0.2) is 0 Å². The second-order valence-corrected chi connectivity index (χ2v) is 8.25. The van der Waals surface area contributed by atoms with E-state index in [0.717, 1.165) is 22.3 Å². The van der Waals surface area contributed by atoms with Crippen molar-refractivity contribution in [3.05, 3.63) is 53.1 Å². The van der Waals surface area contributed by atoms with Gasteiger partial charge in [0, 0.05) is 0 Å². The third-order valence-corrected chi connectivity index (χ3v) is 6.18. The maximum absolute atomic E-state index is 5.63. The van der Waals surface area contributed by atoms with Crippen molar-refractivity contribution in [2.24, 2.45) is 0 Å². The van der Waals surface area contributed by atoms with Gasteiger partial charge < -0.3 is 42.6 Å². The molecule has 0 bridgehead atoms. The summed E-state index contributed by atoms with van der Waals surface area (Å²) in [5, 5.41) is 0. The molecule has 3 rings (SSSR count). The van der Waals surface area contributed by atoms with E-state index in [2.05, 4.69) is 0 Å². The Balaban J connectivity index is 2.28. The Morgan fingerprint density at radius 1 is 0.462 bits per heavy atom. The van der Waals surface area contributed by atoms with Crippen LogP contribution < -0.4 is 42.6 Å². The van der Waals surface area contributed by atoms with Gasteiger partial charge in [0.1, 0.15) is 0 Å². The Hall–Kier alpha value is -4.40. The van der Waals surface area contributed by atoms with Gasteiger partial charge in [0.15, 0.2) is 34.5 Å². The third kappa shape index (κ3) is 6.19. The number of allylic oxidation sites excluding steroid dienone is 1. The first kappa shape index (κ1) is 29.2. The molecule has 3 aromatic carbocycles. The maximum Gasteiger partial charge on any atom is 0.203 e. The van der Waals surface area contributed by atoms with Crippen LogP contribution in [0.25, 0.3) is 11.6 Å². The predicted octanol–water partition coefficient (Wildman–Crippen LogP) is 5.55. The summed E-state index contributed by atoms with van der Waals surface area (Å²) in [5.74, 6) is 4.81. The molecule has 3 aromatic rings. The average Bonchev–Trinajstić information content (AvgIpc) is 2.98. The Kier molecular flexibility index (Phi) is 10.0. The first-order valence-corrected chi connectivity index (χ1v) is 12.0. The molecule has 0 atom stereocenters. The number of ether oxygens (including phenoxy) is 9. The molecule has 0 heterocycles. The van der Waals surface area contributed by atoms with Crippen LogP contribution >= 0.6 is 0 Å². The molecule has 0 unspecified atom stereocenters. The van der Waals surface area contributed by atoms with Crippen LogP contribution in [0.4, 0.5) is 0 Å². The van der Waals surface area contributed by atoms with E-state index < -0.39 is 0 Å². The number of benzene rings is 3. The summed E-state index contributed by atoms with van der Waals surface area (Å²) in [6.07, 6.45) is 2.53.